The molecular weight excluding hydrogens is 400 g/mol. The average Bonchev–Trinajstić information content (AvgIpc) is 3.46. The maximum absolute atomic E-state index is 12.9. The number of thiazole rings is 1. The Kier molecular flexibility index (Phi) is 4.84. The number of carbonyl (C=O) groups is 1. The van der Waals surface area contributed by atoms with Crippen LogP contribution in [0.1, 0.15) is 10.5 Å². The maximum Gasteiger partial charge on any atom is 0.276 e. The summed E-state index contributed by atoms with van der Waals surface area (Å²) in [6.07, 6.45) is 0. The summed E-state index contributed by atoms with van der Waals surface area (Å²) in [5.74, 6) is 1.33. The van der Waals surface area contributed by atoms with E-state index in [-0.39, 0.29) is 5.91 Å². The Morgan fingerprint density at radius 3 is 2.63 bits per heavy atom. The molecule has 0 radical (unpaired) electrons. The Hall–Kier alpha value is -3.39. The summed E-state index contributed by atoms with van der Waals surface area (Å²) in [4.78, 5) is 21.6. The predicted octanol–water partition coefficient (Wildman–Crippen LogP) is 3.92. The SMILES string of the molecule is COc1ccc2nc(N3CCN(C(=O)c4cc(-c5ccccc5)on4)CC3)sc2c1. The van der Waals surface area contributed by atoms with Crippen LogP contribution in [0.15, 0.2) is 59.1 Å². The van der Waals surface area contributed by atoms with Gasteiger partial charge in [0.1, 0.15) is 5.75 Å². The van der Waals surface area contributed by atoms with Crippen molar-refractivity contribution < 1.29 is 14.1 Å². The first-order chi connectivity index (χ1) is 14.7. The molecule has 0 aliphatic carbocycles. The second kappa shape index (κ2) is 7.79. The van der Waals surface area contributed by atoms with Gasteiger partial charge in [0.2, 0.25) is 0 Å². The van der Waals surface area contributed by atoms with Crippen LogP contribution in [-0.4, -0.2) is 54.2 Å². The number of benzene rings is 2. The van der Waals surface area contributed by atoms with E-state index in [0.29, 0.717) is 24.5 Å². The van der Waals surface area contributed by atoms with Crippen LogP contribution in [0.4, 0.5) is 5.13 Å². The van der Waals surface area contributed by atoms with Gasteiger partial charge in [-0.1, -0.05) is 46.8 Å². The Morgan fingerprint density at radius 1 is 1.07 bits per heavy atom. The molecule has 1 fully saturated rings. The molecule has 1 saturated heterocycles. The number of ether oxygens (including phenoxy) is 1. The zero-order chi connectivity index (χ0) is 20.5. The second-order valence-electron chi connectivity index (χ2n) is 7.05. The topological polar surface area (TPSA) is 71.7 Å². The number of nitrogens with zero attached hydrogens (tertiary/aromatic N) is 4. The minimum atomic E-state index is -0.102. The van der Waals surface area contributed by atoms with Gasteiger partial charge in [-0.25, -0.2) is 4.98 Å². The van der Waals surface area contributed by atoms with Crippen molar-refractivity contribution >= 4 is 32.6 Å². The lowest BCUT2D eigenvalue weighted by Gasteiger charge is -2.34. The fourth-order valence-electron chi connectivity index (χ4n) is 3.53. The van der Waals surface area contributed by atoms with Gasteiger partial charge in [0, 0.05) is 37.8 Å². The van der Waals surface area contributed by atoms with Gasteiger partial charge >= 0.3 is 0 Å². The molecule has 2 aromatic heterocycles. The first-order valence-electron chi connectivity index (χ1n) is 9.72. The third-order valence-electron chi connectivity index (χ3n) is 5.21. The summed E-state index contributed by atoms with van der Waals surface area (Å²) in [7, 11) is 1.66. The van der Waals surface area contributed by atoms with E-state index in [1.54, 1.807) is 24.5 Å². The summed E-state index contributed by atoms with van der Waals surface area (Å²) in [6.45, 7) is 2.69. The molecule has 0 unspecified atom stereocenters. The van der Waals surface area contributed by atoms with Gasteiger partial charge in [-0.05, 0) is 18.2 Å². The van der Waals surface area contributed by atoms with Crippen LogP contribution < -0.4 is 9.64 Å². The molecule has 0 spiro atoms. The first kappa shape index (κ1) is 18.6. The van der Waals surface area contributed by atoms with Crippen molar-refractivity contribution in [2.75, 3.05) is 38.2 Å². The summed E-state index contributed by atoms with van der Waals surface area (Å²) in [5.41, 5.74) is 2.21. The number of hydrogen-bond acceptors (Lipinski definition) is 7. The predicted molar refractivity (Wildman–Crippen MR) is 116 cm³/mol. The third-order valence-corrected chi connectivity index (χ3v) is 6.29. The van der Waals surface area contributed by atoms with E-state index in [1.807, 2.05) is 53.4 Å². The smallest absolute Gasteiger partial charge is 0.276 e. The van der Waals surface area contributed by atoms with Gasteiger partial charge in [0.05, 0.1) is 17.3 Å². The Labute approximate surface area is 177 Å². The molecule has 2 aromatic carbocycles. The molecule has 5 rings (SSSR count). The summed E-state index contributed by atoms with van der Waals surface area (Å²) >= 11 is 1.64. The number of amides is 1. The van der Waals surface area contributed by atoms with E-state index in [9.17, 15) is 4.79 Å². The maximum atomic E-state index is 12.9. The van der Waals surface area contributed by atoms with Crippen LogP contribution in [0, 0.1) is 0 Å². The van der Waals surface area contributed by atoms with Crippen LogP contribution in [-0.2, 0) is 0 Å². The molecule has 4 aromatic rings. The summed E-state index contributed by atoms with van der Waals surface area (Å²) < 4.78 is 11.8. The fourth-order valence-corrected chi connectivity index (χ4v) is 4.58. The molecule has 0 saturated carbocycles. The van der Waals surface area contributed by atoms with Crippen LogP contribution in [0.5, 0.6) is 5.75 Å². The van der Waals surface area contributed by atoms with E-state index in [4.69, 9.17) is 14.2 Å². The lowest BCUT2D eigenvalue weighted by Crippen LogP contribution is -2.48. The number of piperazine rings is 1. The molecule has 3 heterocycles. The van der Waals surface area contributed by atoms with Gasteiger partial charge in [-0.2, -0.15) is 0 Å². The highest BCUT2D eigenvalue weighted by Crippen LogP contribution is 2.32. The minimum Gasteiger partial charge on any atom is -0.497 e. The van der Waals surface area contributed by atoms with E-state index < -0.39 is 0 Å². The lowest BCUT2D eigenvalue weighted by atomic mass is 10.1. The number of aromatic nitrogens is 2. The number of hydrogen-bond donors (Lipinski definition) is 0. The molecule has 152 valence electrons. The van der Waals surface area contributed by atoms with Crippen molar-refractivity contribution in [3.63, 3.8) is 0 Å². The number of methoxy groups -OCH3 is 1. The zero-order valence-electron chi connectivity index (χ0n) is 16.4. The number of fused-ring (bicyclic) bond motifs is 1. The van der Waals surface area contributed by atoms with Gasteiger partial charge in [-0.15, -0.1) is 0 Å². The molecule has 1 aliphatic heterocycles. The number of anilines is 1. The van der Waals surface area contributed by atoms with Crippen molar-refractivity contribution in [1.82, 2.24) is 15.0 Å². The standard InChI is InChI=1S/C22H20N4O3S/c1-28-16-7-8-17-20(13-16)30-22(23-17)26-11-9-25(10-12-26)21(27)18-14-19(29-24-18)15-5-3-2-4-6-15/h2-8,13-14H,9-12H2,1H3. The molecule has 0 N–H and O–H groups in total. The Bertz CT molecular complexity index is 1180. The molecular formula is C22H20N4O3S. The van der Waals surface area contributed by atoms with E-state index in [2.05, 4.69) is 10.1 Å². The van der Waals surface area contributed by atoms with Gasteiger partial charge in [0.25, 0.3) is 5.91 Å². The van der Waals surface area contributed by atoms with Crippen molar-refractivity contribution in [2.24, 2.45) is 0 Å². The quantitative estimate of drug-likeness (QED) is 0.498. The molecule has 30 heavy (non-hydrogen) atoms. The molecule has 1 aliphatic rings. The van der Waals surface area contributed by atoms with E-state index in [1.165, 1.54) is 0 Å². The van der Waals surface area contributed by atoms with Gasteiger partial charge < -0.3 is 19.1 Å². The van der Waals surface area contributed by atoms with Crippen LogP contribution in [0.3, 0.4) is 0 Å². The summed E-state index contributed by atoms with van der Waals surface area (Å²) in [5, 5.41) is 4.96. The number of rotatable bonds is 4. The molecule has 1 amide bonds. The monoisotopic (exact) mass is 420 g/mol. The molecule has 0 atom stereocenters. The highest BCUT2D eigenvalue weighted by atomic mass is 32.1. The molecule has 0 bridgehead atoms. The van der Waals surface area contributed by atoms with Crippen molar-refractivity contribution in [2.45, 2.75) is 0 Å². The zero-order valence-corrected chi connectivity index (χ0v) is 17.3. The minimum absolute atomic E-state index is 0.102. The van der Waals surface area contributed by atoms with Crippen LogP contribution in [0.25, 0.3) is 21.5 Å². The van der Waals surface area contributed by atoms with E-state index >= 15 is 0 Å². The van der Waals surface area contributed by atoms with Gasteiger partial charge in [-0.3, -0.25) is 4.79 Å². The van der Waals surface area contributed by atoms with Gasteiger partial charge in [0.15, 0.2) is 16.6 Å². The highest BCUT2D eigenvalue weighted by Gasteiger charge is 2.26. The molecule has 8 heteroatoms. The highest BCUT2D eigenvalue weighted by molar-refractivity contribution is 7.22. The summed E-state index contributed by atoms with van der Waals surface area (Å²) in [6, 6.07) is 17.3. The fraction of sp³-hybridized carbons (Fsp3) is 0.227. The Morgan fingerprint density at radius 2 is 1.87 bits per heavy atom. The molecule has 7 nitrogen and oxygen atoms in total. The first-order valence-corrected chi connectivity index (χ1v) is 10.5. The second-order valence-corrected chi connectivity index (χ2v) is 8.06. The lowest BCUT2D eigenvalue weighted by molar-refractivity contribution is 0.0736. The van der Waals surface area contributed by atoms with E-state index in [0.717, 1.165) is 39.8 Å². The third kappa shape index (κ3) is 3.50. The van der Waals surface area contributed by atoms with Crippen molar-refractivity contribution in [3.8, 4) is 17.1 Å². The largest absolute Gasteiger partial charge is 0.497 e. The Balaban J connectivity index is 1.26. The normalized spacial score (nSPS) is 14.3. The van der Waals surface area contributed by atoms with Crippen molar-refractivity contribution in [1.29, 1.82) is 0 Å². The van der Waals surface area contributed by atoms with Crippen molar-refractivity contribution in [3.05, 3.63) is 60.3 Å². The van der Waals surface area contributed by atoms with Crippen LogP contribution in [0.2, 0.25) is 0 Å². The average molecular weight is 420 g/mol. The van der Waals surface area contributed by atoms with Crippen LogP contribution >= 0.6 is 11.3 Å². The number of carbonyl (C=O) groups excluding carboxylic acids is 1.